The molecule has 0 spiro atoms. The molecule has 0 aliphatic heterocycles. The first-order chi connectivity index (χ1) is 38.4. The van der Waals surface area contributed by atoms with Crippen molar-refractivity contribution in [1.29, 1.82) is 0 Å². The molecule has 0 radical (unpaired) electrons. The van der Waals surface area contributed by atoms with E-state index in [2.05, 4.69) is 89.3 Å². The van der Waals surface area contributed by atoms with Crippen molar-refractivity contribution in [3.05, 3.63) is 57.3 Å². The molecular weight excluding hydrogens is 1060 g/mol. The zero-order valence-corrected chi connectivity index (χ0v) is 56.8. The zero-order valence-electron chi connectivity index (χ0n) is 52.6. The van der Waals surface area contributed by atoms with Gasteiger partial charge in [0, 0.05) is 0 Å². The summed E-state index contributed by atoms with van der Waals surface area (Å²) in [6.45, 7) is 14.0. The van der Waals surface area contributed by atoms with E-state index in [9.17, 15) is 0 Å². The molecule has 0 bridgehead atoms. The van der Waals surface area contributed by atoms with Gasteiger partial charge in [-0.1, -0.05) is 143 Å². The molecule has 4 rings (SSSR count). The molecule has 0 nitrogen and oxygen atoms in total. The average molecular weight is 1190 g/mol. The fourth-order valence-electron chi connectivity index (χ4n) is 12.6. The topological polar surface area (TPSA) is 0 Å². The van der Waals surface area contributed by atoms with Crippen LogP contribution in [0.2, 0.25) is 0 Å². The molecular formula is C74H126S3Se. The summed E-state index contributed by atoms with van der Waals surface area (Å²) in [6.07, 6.45) is 71.6. The normalized spacial score (nSPS) is 12.6. The Kier molecular flexibility index (Phi) is 42.3. The van der Waals surface area contributed by atoms with Crippen LogP contribution < -0.4 is 0 Å². The predicted octanol–water partition coefficient (Wildman–Crippen LogP) is 27.7. The molecule has 4 heteroatoms. The van der Waals surface area contributed by atoms with Gasteiger partial charge >= 0.3 is 365 Å². The third-order valence-corrected chi connectivity index (χ3v) is 24.3. The van der Waals surface area contributed by atoms with E-state index in [0.717, 1.165) is 11.8 Å². The summed E-state index contributed by atoms with van der Waals surface area (Å²) in [7, 11) is 0. The minimum atomic E-state index is 0.341. The van der Waals surface area contributed by atoms with Gasteiger partial charge in [-0.15, -0.1) is 0 Å². The van der Waals surface area contributed by atoms with Crippen LogP contribution in [0.15, 0.2) is 36.4 Å². The van der Waals surface area contributed by atoms with Gasteiger partial charge in [-0.25, -0.2) is 0 Å². The molecule has 0 N–H and O–H groups in total. The van der Waals surface area contributed by atoms with Crippen LogP contribution in [0.25, 0.3) is 28.4 Å². The molecule has 0 aliphatic carbocycles. The molecule has 4 heterocycles. The van der Waals surface area contributed by atoms with Crippen molar-refractivity contribution in [2.24, 2.45) is 11.8 Å². The zero-order chi connectivity index (χ0) is 55.4. The Morgan fingerprint density at radius 3 is 0.910 bits per heavy atom. The molecule has 0 fully saturated rings. The standard InChI is InChI=1S/C74H126S3Se/c1-7-11-15-19-23-27-31-33-37-41-44-48-52-65(51-47-43-39-35-29-25-21-17-13-9-3)59-67-61-71(69-57-55-63(5)75-69)77-73(67)74-68(62-72(78-74)70-58-56-64(6)76-70)60-66(53-49-45-40-36-30-26-22-18-14-10-4)54-50-46-42-38-34-32-28-24-20-16-12-8-2/h55-58,61-62,65-66H,7-54,59-60H2,1-6H3. The maximum absolute atomic E-state index is 2.78. The fraction of sp³-hybridized carbons (Fsp3) is 0.784. The van der Waals surface area contributed by atoms with E-state index in [-0.39, 0.29) is 0 Å². The molecule has 446 valence electrons. The summed E-state index contributed by atoms with van der Waals surface area (Å²) in [5.41, 5.74) is 3.46. The van der Waals surface area contributed by atoms with E-state index in [1.807, 2.05) is 22.7 Å². The third kappa shape index (κ3) is 32.2. The Bertz CT molecular complexity index is 1800. The second-order valence-electron chi connectivity index (χ2n) is 25.2. The molecule has 0 aliphatic rings. The Labute approximate surface area is 504 Å². The smallest absolute Gasteiger partial charge is 0.0654 e. The van der Waals surface area contributed by atoms with Crippen LogP contribution in [0.3, 0.4) is 0 Å². The number of hydrogen-bond donors (Lipinski definition) is 0. The summed E-state index contributed by atoms with van der Waals surface area (Å²) in [5, 5.41) is 0. The Morgan fingerprint density at radius 2 is 0.603 bits per heavy atom. The number of rotatable bonds is 55. The summed E-state index contributed by atoms with van der Waals surface area (Å²) >= 11 is 6.61. The van der Waals surface area contributed by atoms with Crippen molar-refractivity contribution in [3.8, 4) is 28.4 Å². The van der Waals surface area contributed by atoms with E-state index in [4.69, 9.17) is 0 Å². The molecule has 0 aromatic carbocycles. The van der Waals surface area contributed by atoms with E-state index >= 15 is 0 Å². The van der Waals surface area contributed by atoms with Gasteiger partial charge in [-0.2, -0.15) is 0 Å². The molecule has 4 aromatic heterocycles. The van der Waals surface area contributed by atoms with Crippen molar-refractivity contribution >= 4 is 48.5 Å². The van der Waals surface area contributed by atoms with Crippen molar-refractivity contribution in [2.75, 3.05) is 0 Å². The Hall–Kier alpha value is -0.901. The second-order valence-corrected chi connectivity index (χ2v) is 31.0. The van der Waals surface area contributed by atoms with Crippen LogP contribution in [-0.4, -0.2) is 14.5 Å². The second kappa shape index (κ2) is 47.5. The molecule has 4 aromatic rings. The van der Waals surface area contributed by atoms with Crippen molar-refractivity contribution < 1.29 is 0 Å². The number of thiophene rings is 3. The van der Waals surface area contributed by atoms with E-state index in [0.29, 0.717) is 14.5 Å². The molecule has 0 amide bonds. The van der Waals surface area contributed by atoms with Gasteiger partial charge in [-0.3, -0.25) is 0 Å². The fourth-order valence-corrected chi connectivity index (χ4v) is 18.8. The van der Waals surface area contributed by atoms with E-state index in [1.54, 1.807) is 34.6 Å². The van der Waals surface area contributed by atoms with Crippen molar-refractivity contribution in [3.63, 3.8) is 0 Å². The van der Waals surface area contributed by atoms with Gasteiger partial charge in [0.25, 0.3) is 0 Å². The van der Waals surface area contributed by atoms with Gasteiger partial charge in [-0.05, 0) is 0 Å². The number of aryl methyl sites for hydroxylation is 2. The van der Waals surface area contributed by atoms with Crippen molar-refractivity contribution in [1.82, 2.24) is 0 Å². The molecule has 0 saturated heterocycles. The monoisotopic (exact) mass is 1190 g/mol. The minimum absolute atomic E-state index is 0.341. The minimum Gasteiger partial charge on any atom is -0.0654 e. The van der Waals surface area contributed by atoms with Gasteiger partial charge in [0.05, 0.1) is 0 Å². The summed E-state index contributed by atoms with van der Waals surface area (Å²) < 4.78 is 3.45. The summed E-state index contributed by atoms with van der Waals surface area (Å²) in [4.78, 5) is 9.20. The molecule has 0 saturated carbocycles. The first-order valence-corrected chi connectivity index (χ1v) is 39.0. The number of unbranched alkanes of at least 4 members (excludes halogenated alkanes) is 40. The Balaban J connectivity index is 1.53. The van der Waals surface area contributed by atoms with Crippen LogP contribution in [0.1, 0.15) is 357 Å². The van der Waals surface area contributed by atoms with Gasteiger partial charge < -0.3 is 0 Å². The first-order valence-electron chi connectivity index (χ1n) is 34.8. The van der Waals surface area contributed by atoms with E-state index < -0.39 is 0 Å². The van der Waals surface area contributed by atoms with Gasteiger partial charge in [0.1, 0.15) is 0 Å². The first kappa shape index (κ1) is 69.6. The van der Waals surface area contributed by atoms with Crippen LogP contribution in [0.5, 0.6) is 0 Å². The van der Waals surface area contributed by atoms with Gasteiger partial charge in [0.15, 0.2) is 0 Å². The Morgan fingerprint density at radius 1 is 0.308 bits per heavy atom. The number of hydrogen-bond acceptors (Lipinski definition) is 3. The summed E-state index contributed by atoms with van der Waals surface area (Å²) in [5.74, 6) is 1.61. The molecule has 2 atom stereocenters. The SMILES string of the molecule is CCCCCCCCCCCCCCC(CCCCCCCCCCCC)Cc1cc(-c2ccc(C)s2)sc1-c1[se]c(-c2ccc(C)s2)cc1CC(CCCCCCCCCCCC)CCCCCCCCCCCCCC. The van der Waals surface area contributed by atoms with Crippen LogP contribution in [0.4, 0.5) is 0 Å². The maximum atomic E-state index is 2.78. The van der Waals surface area contributed by atoms with E-state index in [1.165, 1.54) is 336 Å². The average Bonchev–Trinajstić information content (AvgIpc) is 4.31. The molecule has 78 heavy (non-hydrogen) atoms. The molecule has 2 unspecified atom stereocenters. The quantitative estimate of drug-likeness (QED) is 0.0305. The van der Waals surface area contributed by atoms with Crippen LogP contribution >= 0.6 is 34.0 Å². The predicted molar refractivity (Wildman–Crippen MR) is 361 cm³/mol. The van der Waals surface area contributed by atoms with Crippen LogP contribution in [-0.2, 0) is 12.8 Å². The van der Waals surface area contributed by atoms with Gasteiger partial charge in [0.2, 0.25) is 0 Å². The summed E-state index contributed by atoms with van der Waals surface area (Å²) in [6, 6.07) is 15.2. The third-order valence-electron chi connectivity index (χ3n) is 17.7. The van der Waals surface area contributed by atoms with Crippen LogP contribution in [0, 0.1) is 25.7 Å². The van der Waals surface area contributed by atoms with Crippen molar-refractivity contribution in [2.45, 2.75) is 363 Å².